The zero-order chi connectivity index (χ0) is 22.0. The third kappa shape index (κ3) is 3.37. The molecule has 0 atom stereocenters. The fraction of sp³-hybridized carbons (Fsp3) is 0.385. The summed E-state index contributed by atoms with van der Waals surface area (Å²) in [4.78, 5) is 23.6. The standard InChI is InChI=1S/C26H24ClNO3S/c27-21-8-14(9-23-24(30)28-25(31)32-23)1-3-19(21)18-2-4-22(29)20(10-18)26-11-15-5-16(12-26)7-17(6-15)13-26/h1-4,8-10,15-17,29H,5-7,11-13H2,(H,28,30,31)/b23-9-. The summed E-state index contributed by atoms with van der Waals surface area (Å²) >= 11 is 7.56. The van der Waals surface area contributed by atoms with Crippen LogP contribution in [0.4, 0.5) is 4.79 Å². The van der Waals surface area contributed by atoms with Gasteiger partial charge in [-0.15, -0.1) is 0 Å². The molecule has 4 aliphatic carbocycles. The van der Waals surface area contributed by atoms with Crippen molar-refractivity contribution < 1.29 is 14.7 Å². The van der Waals surface area contributed by atoms with Crippen LogP contribution in [-0.4, -0.2) is 16.3 Å². The lowest BCUT2D eigenvalue weighted by Crippen LogP contribution is -2.48. The molecule has 0 aromatic heterocycles. The summed E-state index contributed by atoms with van der Waals surface area (Å²) in [5, 5.41) is 13.3. The van der Waals surface area contributed by atoms with E-state index < -0.39 is 0 Å². The molecular weight excluding hydrogens is 442 g/mol. The van der Waals surface area contributed by atoms with Crippen LogP contribution in [0.15, 0.2) is 41.3 Å². The van der Waals surface area contributed by atoms with Crippen LogP contribution in [0.5, 0.6) is 5.75 Å². The van der Waals surface area contributed by atoms with E-state index in [0.717, 1.165) is 51.8 Å². The number of nitrogens with one attached hydrogen (secondary N) is 1. The lowest BCUT2D eigenvalue weighted by atomic mass is 9.48. The number of carbonyl (C=O) groups is 2. The molecule has 2 aromatic rings. The summed E-state index contributed by atoms with van der Waals surface area (Å²) in [5.74, 6) is 2.44. The first-order valence-corrected chi connectivity index (χ1v) is 12.5. The van der Waals surface area contributed by atoms with Crippen LogP contribution in [0.1, 0.15) is 49.7 Å². The van der Waals surface area contributed by atoms with Crippen molar-refractivity contribution in [2.75, 3.05) is 0 Å². The molecule has 6 heteroatoms. The van der Waals surface area contributed by atoms with Gasteiger partial charge in [-0.1, -0.05) is 29.8 Å². The molecular formula is C26H24ClNO3S. The number of hydrogen-bond acceptors (Lipinski definition) is 4. The molecule has 4 saturated carbocycles. The van der Waals surface area contributed by atoms with E-state index in [4.69, 9.17) is 11.6 Å². The highest BCUT2D eigenvalue weighted by Crippen LogP contribution is 2.62. The van der Waals surface area contributed by atoms with E-state index >= 15 is 0 Å². The number of phenolic OH excluding ortho intramolecular Hbond substituents is 1. The monoisotopic (exact) mass is 465 g/mol. The highest BCUT2D eigenvalue weighted by atomic mass is 35.5. The maximum Gasteiger partial charge on any atom is 0.290 e. The van der Waals surface area contributed by atoms with Gasteiger partial charge in [0.25, 0.3) is 11.1 Å². The van der Waals surface area contributed by atoms with Gasteiger partial charge in [-0.05, 0) is 109 Å². The highest BCUT2D eigenvalue weighted by Gasteiger charge is 2.52. The Hall–Kier alpha value is -2.24. The Morgan fingerprint density at radius 2 is 1.69 bits per heavy atom. The Labute approximate surface area is 196 Å². The topological polar surface area (TPSA) is 66.4 Å². The van der Waals surface area contributed by atoms with E-state index in [-0.39, 0.29) is 16.6 Å². The Balaban J connectivity index is 1.35. The summed E-state index contributed by atoms with van der Waals surface area (Å²) in [5.41, 5.74) is 3.87. The second-order valence-corrected chi connectivity index (χ2v) is 11.4. The number of halogens is 1. The second-order valence-electron chi connectivity index (χ2n) is 10.0. The fourth-order valence-electron chi connectivity index (χ4n) is 7.00. The van der Waals surface area contributed by atoms with Crippen LogP contribution >= 0.6 is 23.4 Å². The zero-order valence-corrected chi connectivity index (χ0v) is 19.1. The molecule has 1 heterocycles. The highest BCUT2D eigenvalue weighted by molar-refractivity contribution is 8.18. The molecule has 1 aliphatic heterocycles. The van der Waals surface area contributed by atoms with Crippen LogP contribution in [0.3, 0.4) is 0 Å². The van der Waals surface area contributed by atoms with Crippen molar-refractivity contribution in [1.29, 1.82) is 0 Å². The molecule has 2 amide bonds. The van der Waals surface area contributed by atoms with Crippen molar-refractivity contribution >= 4 is 40.6 Å². The van der Waals surface area contributed by atoms with E-state index in [1.54, 1.807) is 6.08 Å². The first-order chi connectivity index (χ1) is 15.4. The van der Waals surface area contributed by atoms with Crippen molar-refractivity contribution in [2.45, 2.75) is 43.9 Å². The molecule has 164 valence electrons. The molecule has 4 nitrogen and oxygen atoms in total. The number of imide groups is 1. The maximum atomic E-state index is 11.8. The third-order valence-corrected chi connectivity index (χ3v) is 8.97. The first kappa shape index (κ1) is 20.4. The molecule has 0 unspecified atom stereocenters. The molecule has 0 radical (unpaired) electrons. The van der Waals surface area contributed by atoms with Gasteiger partial charge in [-0.3, -0.25) is 14.9 Å². The molecule has 5 aliphatic rings. The molecule has 4 bridgehead atoms. The van der Waals surface area contributed by atoms with Gasteiger partial charge in [0.15, 0.2) is 0 Å². The van der Waals surface area contributed by atoms with Crippen molar-refractivity contribution in [3.05, 3.63) is 57.5 Å². The SMILES string of the molecule is O=C1NC(=O)/C(=C/c2ccc(-c3ccc(O)c(C45CC6CC(CC(C6)C4)C5)c3)c(Cl)c2)S1. The lowest BCUT2D eigenvalue weighted by Gasteiger charge is -2.57. The number of aromatic hydroxyl groups is 1. The van der Waals surface area contributed by atoms with E-state index in [2.05, 4.69) is 11.4 Å². The van der Waals surface area contributed by atoms with Crippen LogP contribution in [-0.2, 0) is 10.2 Å². The number of rotatable bonds is 3. The predicted molar refractivity (Wildman–Crippen MR) is 128 cm³/mol. The van der Waals surface area contributed by atoms with Crippen LogP contribution in [0, 0.1) is 17.8 Å². The molecule has 2 N–H and O–H groups in total. The average Bonchev–Trinajstić information content (AvgIpc) is 3.04. The lowest BCUT2D eigenvalue weighted by molar-refractivity contribution is -0.115. The quantitative estimate of drug-likeness (QED) is 0.507. The predicted octanol–water partition coefficient (Wildman–Crippen LogP) is 6.50. The van der Waals surface area contributed by atoms with Gasteiger partial charge in [0.1, 0.15) is 5.75 Å². The van der Waals surface area contributed by atoms with Gasteiger partial charge in [0.2, 0.25) is 0 Å². The van der Waals surface area contributed by atoms with Crippen molar-refractivity contribution in [1.82, 2.24) is 5.32 Å². The number of phenols is 1. The smallest absolute Gasteiger partial charge is 0.290 e. The first-order valence-electron chi connectivity index (χ1n) is 11.3. The summed E-state index contributed by atoms with van der Waals surface area (Å²) in [6, 6.07) is 11.6. The number of thioether (sulfide) groups is 1. The van der Waals surface area contributed by atoms with Crippen molar-refractivity contribution in [3.63, 3.8) is 0 Å². The van der Waals surface area contributed by atoms with Crippen LogP contribution in [0.25, 0.3) is 17.2 Å². The van der Waals surface area contributed by atoms with E-state index in [9.17, 15) is 14.7 Å². The fourth-order valence-corrected chi connectivity index (χ4v) is 7.98. The molecule has 7 rings (SSSR count). The Kier molecular flexibility index (Phi) is 4.71. The Morgan fingerprint density at radius 1 is 1.00 bits per heavy atom. The molecule has 1 saturated heterocycles. The average molecular weight is 466 g/mol. The molecule has 2 aromatic carbocycles. The normalized spacial score (nSPS) is 32.0. The van der Waals surface area contributed by atoms with Crippen LogP contribution < -0.4 is 5.32 Å². The van der Waals surface area contributed by atoms with Gasteiger partial charge >= 0.3 is 0 Å². The summed E-state index contributed by atoms with van der Waals surface area (Å²) in [6.45, 7) is 0. The number of carbonyl (C=O) groups excluding carboxylic acids is 2. The van der Waals surface area contributed by atoms with E-state index in [1.807, 2.05) is 30.3 Å². The largest absolute Gasteiger partial charge is 0.508 e. The number of amides is 2. The summed E-state index contributed by atoms with van der Waals surface area (Å²) in [7, 11) is 0. The van der Waals surface area contributed by atoms with Gasteiger partial charge in [-0.25, -0.2) is 0 Å². The van der Waals surface area contributed by atoms with Gasteiger partial charge in [-0.2, -0.15) is 0 Å². The van der Waals surface area contributed by atoms with E-state index in [0.29, 0.717) is 15.7 Å². The number of hydrogen-bond donors (Lipinski definition) is 2. The number of benzene rings is 2. The molecule has 5 fully saturated rings. The van der Waals surface area contributed by atoms with Gasteiger partial charge < -0.3 is 5.11 Å². The molecule has 32 heavy (non-hydrogen) atoms. The molecule has 0 spiro atoms. The van der Waals surface area contributed by atoms with Gasteiger partial charge in [0.05, 0.1) is 4.91 Å². The van der Waals surface area contributed by atoms with E-state index in [1.165, 1.54) is 38.5 Å². The Morgan fingerprint density at radius 3 is 2.28 bits per heavy atom. The zero-order valence-electron chi connectivity index (χ0n) is 17.6. The third-order valence-electron chi connectivity index (χ3n) is 7.85. The van der Waals surface area contributed by atoms with Crippen molar-refractivity contribution in [2.24, 2.45) is 17.8 Å². The minimum absolute atomic E-state index is 0.102. The van der Waals surface area contributed by atoms with Crippen molar-refractivity contribution in [3.8, 4) is 16.9 Å². The Bertz CT molecular complexity index is 1150. The maximum absolute atomic E-state index is 11.8. The summed E-state index contributed by atoms with van der Waals surface area (Å²) < 4.78 is 0. The van der Waals surface area contributed by atoms with Crippen LogP contribution in [0.2, 0.25) is 5.02 Å². The minimum Gasteiger partial charge on any atom is -0.508 e. The minimum atomic E-state index is -0.376. The summed E-state index contributed by atoms with van der Waals surface area (Å²) in [6.07, 6.45) is 9.34. The second kappa shape index (κ2) is 7.39. The van der Waals surface area contributed by atoms with Gasteiger partial charge in [0, 0.05) is 16.1 Å².